The van der Waals surface area contributed by atoms with Gasteiger partial charge in [-0.25, -0.2) is 9.97 Å². The molecule has 0 aliphatic heterocycles. The summed E-state index contributed by atoms with van der Waals surface area (Å²) in [5.74, 6) is 1.61. The van der Waals surface area contributed by atoms with Crippen LogP contribution in [0.1, 0.15) is 46.3 Å². The van der Waals surface area contributed by atoms with Gasteiger partial charge in [-0.05, 0) is 6.92 Å². The Kier molecular flexibility index (Phi) is 5.78. The van der Waals surface area contributed by atoms with Crippen molar-refractivity contribution in [1.29, 1.82) is 0 Å². The van der Waals surface area contributed by atoms with Gasteiger partial charge in [0.25, 0.3) is 0 Å². The predicted molar refractivity (Wildman–Crippen MR) is 92.1 cm³/mol. The highest BCUT2D eigenvalue weighted by Gasteiger charge is 2.05. The first-order chi connectivity index (χ1) is 11.5. The van der Waals surface area contributed by atoms with E-state index in [1.807, 2.05) is 44.2 Å². The van der Waals surface area contributed by atoms with Crippen LogP contribution in [0.4, 0.5) is 0 Å². The molecule has 6 heteroatoms. The quantitative estimate of drug-likeness (QED) is 0.568. The second kappa shape index (κ2) is 8.01. The predicted octanol–water partition coefficient (Wildman–Crippen LogP) is 3.37. The minimum Gasteiger partial charge on any atom is -0.345 e. The van der Waals surface area contributed by atoms with E-state index in [2.05, 4.69) is 19.9 Å². The van der Waals surface area contributed by atoms with Crippen LogP contribution in [-0.4, -0.2) is 32.0 Å². The molecule has 0 radical (unpaired) electrons. The lowest BCUT2D eigenvalue weighted by Crippen LogP contribution is -1.90. The van der Waals surface area contributed by atoms with Gasteiger partial charge < -0.3 is 9.97 Å². The average molecular weight is 324 g/mol. The Bertz CT molecular complexity index is 819. The number of aldehydes is 1. The maximum absolute atomic E-state index is 11.0. The molecule has 0 saturated carbocycles. The van der Waals surface area contributed by atoms with Crippen molar-refractivity contribution in [2.45, 2.75) is 27.2 Å². The highest BCUT2D eigenvalue weighted by atomic mass is 16.1. The van der Waals surface area contributed by atoms with Gasteiger partial charge in [-0.3, -0.25) is 9.59 Å². The van der Waals surface area contributed by atoms with E-state index in [0.29, 0.717) is 11.4 Å². The Balaban J connectivity index is 0.000000185. The highest BCUT2D eigenvalue weighted by molar-refractivity contribution is 5.92. The van der Waals surface area contributed by atoms with Crippen molar-refractivity contribution in [3.8, 4) is 11.4 Å². The molecule has 3 rings (SSSR count). The Morgan fingerprint density at radius 3 is 2.38 bits per heavy atom. The highest BCUT2D eigenvalue weighted by Crippen LogP contribution is 2.14. The van der Waals surface area contributed by atoms with E-state index < -0.39 is 0 Å². The van der Waals surface area contributed by atoms with Crippen LogP contribution in [-0.2, 0) is 6.42 Å². The fourth-order valence-corrected chi connectivity index (χ4v) is 2.06. The fraction of sp³-hybridized carbons (Fsp3) is 0.222. The first-order valence-electron chi connectivity index (χ1n) is 7.67. The number of Topliss-reactive ketones (excluding diaryl/α,β-unsaturated/α-hetero) is 1. The van der Waals surface area contributed by atoms with Crippen molar-refractivity contribution in [1.82, 2.24) is 19.9 Å². The lowest BCUT2D eigenvalue weighted by molar-refractivity contribution is 0.101. The Morgan fingerprint density at radius 1 is 1.21 bits per heavy atom. The van der Waals surface area contributed by atoms with Gasteiger partial charge in [-0.1, -0.05) is 37.3 Å². The zero-order valence-electron chi connectivity index (χ0n) is 14.0. The van der Waals surface area contributed by atoms with Gasteiger partial charge in [-0.2, -0.15) is 0 Å². The fourth-order valence-electron chi connectivity index (χ4n) is 2.06. The van der Waals surface area contributed by atoms with E-state index in [1.165, 1.54) is 6.92 Å². The number of hydrogen-bond donors (Lipinski definition) is 2. The van der Waals surface area contributed by atoms with E-state index in [9.17, 15) is 9.59 Å². The molecule has 6 nitrogen and oxygen atoms in total. The third-order valence-electron chi connectivity index (χ3n) is 3.42. The van der Waals surface area contributed by atoms with Crippen LogP contribution < -0.4 is 0 Å². The second-order valence-electron chi connectivity index (χ2n) is 5.23. The Labute approximate surface area is 140 Å². The summed E-state index contributed by atoms with van der Waals surface area (Å²) in [5, 5.41) is 0. The molecule has 0 fully saturated rings. The minimum absolute atomic E-state index is 0.000295. The lowest BCUT2D eigenvalue weighted by atomic mass is 10.2. The SMILES string of the molecule is CC(=O)c1cnc(-c2ccccc2)[nH]1.CCc1nc(C=O)c(C)[nH]1. The molecule has 0 aliphatic rings. The van der Waals surface area contributed by atoms with E-state index in [-0.39, 0.29) is 5.78 Å². The molecule has 2 aromatic heterocycles. The van der Waals surface area contributed by atoms with Crippen LogP contribution in [0.5, 0.6) is 0 Å². The van der Waals surface area contributed by atoms with E-state index >= 15 is 0 Å². The van der Waals surface area contributed by atoms with Gasteiger partial charge in [0, 0.05) is 24.6 Å². The zero-order valence-corrected chi connectivity index (χ0v) is 14.0. The summed E-state index contributed by atoms with van der Waals surface area (Å²) in [6.45, 7) is 5.35. The molecule has 0 bridgehead atoms. The number of H-pyrrole nitrogens is 2. The number of nitrogens with zero attached hydrogens (tertiary/aromatic N) is 2. The molecule has 1 aromatic carbocycles. The summed E-state index contributed by atoms with van der Waals surface area (Å²) in [7, 11) is 0. The number of carbonyl (C=O) groups is 2. The maximum Gasteiger partial charge on any atom is 0.177 e. The molecule has 2 N–H and O–H groups in total. The van der Waals surface area contributed by atoms with Gasteiger partial charge >= 0.3 is 0 Å². The van der Waals surface area contributed by atoms with Crippen molar-refractivity contribution in [3.05, 3.63) is 59.4 Å². The van der Waals surface area contributed by atoms with E-state index in [4.69, 9.17) is 0 Å². The summed E-state index contributed by atoms with van der Waals surface area (Å²) in [6, 6.07) is 9.71. The number of aromatic amines is 2. The number of benzene rings is 1. The number of hydrogen-bond acceptors (Lipinski definition) is 4. The summed E-state index contributed by atoms with van der Waals surface area (Å²) in [5.41, 5.74) is 2.91. The largest absolute Gasteiger partial charge is 0.345 e. The maximum atomic E-state index is 11.0. The topological polar surface area (TPSA) is 91.5 Å². The van der Waals surface area contributed by atoms with E-state index in [0.717, 1.165) is 35.6 Å². The molecule has 0 atom stereocenters. The normalized spacial score (nSPS) is 9.96. The van der Waals surface area contributed by atoms with Crippen molar-refractivity contribution >= 4 is 12.1 Å². The van der Waals surface area contributed by atoms with Crippen LogP contribution in [0.25, 0.3) is 11.4 Å². The smallest absolute Gasteiger partial charge is 0.177 e. The number of aromatic nitrogens is 4. The standard InChI is InChI=1S/C11H10N2O.C7H10N2O/c1-8(14)10-7-12-11(13-10)9-5-3-2-4-6-9;1-3-7-8-5(2)6(4-10)9-7/h2-7H,1H3,(H,12,13);4H,3H2,1-2H3,(H,8,9). The van der Waals surface area contributed by atoms with Gasteiger partial charge in [0.15, 0.2) is 12.1 Å². The van der Waals surface area contributed by atoms with Crippen LogP contribution in [0.15, 0.2) is 36.5 Å². The van der Waals surface area contributed by atoms with Gasteiger partial charge in [0.1, 0.15) is 23.0 Å². The summed E-state index contributed by atoms with van der Waals surface area (Å²) >= 11 is 0. The van der Waals surface area contributed by atoms with Gasteiger partial charge in [0.05, 0.1) is 6.20 Å². The molecule has 24 heavy (non-hydrogen) atoms. The molecule has 0 aliphatic carbocycles. The molecule has 0 amide bonds. The molecule has 0 spiro atoms. The average Bonchev–Trinajstić information content (AvgIpc) is 3.23. The van der Waals surface area contributed by atoms with Crippen LogP contribution >= 0.6 is 0 Å². The molecule has 2 heterocycles. The zero-order chi connectivity index (χ0) is 17.5. The van der Waals surface area contributed by atoms with Crippen molar-refractivity contribution in [2.24, 2.45) is 0 Å². The van der Waals surface area contributed by atoms with Crippen molar-refractivity contribution in [3.63, 3.8) is 0 Å². The van der Waals surface area contributed by atoms with Crippen LogP contribution in [0.2, 0.25) is 0 Å². The van der Waals surface area contributed by atoms with Gasteiger partial charge in [-0.15, -0.1) is 0 Å². The molecular formula is C18H20N4O2. The summed E-state index contributed by atoms with van der Waals surface area (Å²) in [4.78, 5) is 35.4. The molecule has 3 aromatic rings. The second-order valence-corrected chi connectivity index (χ2v) is 5.23. The van der Waals surface area contributed by atoms with Crippen molar-refractivity contribution < 1.29 is 9.59 Å². The summed E-state index contributed by atoms with van der Waals surface area (Å²) in [6.07, 6.45) is 3.17. The van der Waals surface area contributed by atoms with Gasteiger partial charge in [0.2, 0.25) is 0 Å². The number of rotatable bonds is 4. The number of imidazole rings is 2. The Hall–Kier alpha value is -3.02. The lowest BCUT2D eigenvalue weighted by Gasteiger charge is -1.94. The van der Waals surface area contributed by atoms with Crippen LogP contribution in [0, 0.1) is 6.92 Å². The number of nitrogens with one attached hydrogen (secondary N) is 2. The third-order valence-corrected chi connectivity index (χ3v) is 3.42. The monoisotopic (exact) mass is 324 g/mol. The van der Waals surface area contributed by atoms with Crippen molar-refractivity contribution in [2.75, 3.05) is 0 Å². The molecular weight excluding hydrogens is 304 g/mol. The third kappa shape index (κ3) is 4.25. The first kappa shape index (κ1) is 17.3. The summed E-state index contributed by atoms with van der Waals surface area (Å²) < 4.78 is 0. The Morgan fingerprint density at radius 2 is 1.92 bits per heavy atom. The molecule has 124 valence electrons. The number of aryl methyl sites for hydroxylation is 2. The molecule has 0 unspecified atom stereocenters. The molecule has 0 saturated heterocycles. The van der Waals surface area contributed by atoms with Crippen LogP contribution in [0.3, 0.4) is 0 Å². The number of carbonyl (C=O) groups excluding carboxylic acids is 2. The van der Waals surface area contributed by atoms with E-state index in [1.54, 1.807) is 6.20 Å². The number of ketones is 1. The minimum atomic E-state index is -0.000295. The first-order valence-corrected chi connectivity index (χ1v) is 7.67.